The molecule has 0 amide bonds. The van der Waals surface area contributed by atoms with E-state index >= 15 is 0 Å². The topological polar surface area (TPSA) is 86.2 Å². The summed E-state index contributed by atoms with van der Waals surface area (Å²) in [5.74, 6) is 0. The van der Waals surface area contributed by atoms with Gasteiger partial charge in [0.1, 0.15) is 22.5 Å². The van der Waals surface area contributed by atoms with E-state index in [1.165, 1.54) is 22.7 Å². The van der Waals surface area contributed by atoms with Crippen molar-refractivity contribution in [2.24, 2.45) is 0 Å². The van der Waals surface area contributed by atoms with Crippen LogP contribution < -0.4 is 0 Å². The number of pyridine rings is 1. The second kappa shape index (κ2) is 3.20. The van der Waals surface area contributed by atoms with E-state index in [-0.39, 0.29) is 0 Å². The minimum Gasteiger partial charge on any atom is -0.224 e. The van der Waals surface area contributed by atoms with E-state index in [1.807, 2.05) is 18.2 Å². The van der Waals surface area contributed by atoms with Crippen molar-refractivity contribution in [3.8, 4) is 12.1 Å². The lowest BCUT2D eigenvalue weighted by Crippen LogP contribution is -1.77. The van der Waals surface area contributed by atoms with E-state index < -0.39 is 0 Å². The Morgan fingerprint density at radius 2 is 1.75 bits per heavy atom. The van der Waals surface area contributed by atoms with Gasteiger partial charge in [-0.1, -0.05) is 11.3 Å². The highest BCUT2D eigenvalue weighted by Crippen LogP contribution is 2.27. The molecule has 3 heterocycles. The van der Waals surface area contributed by atoms with Gasteiger partial charge in [-0.2, -0.15) is 10.5 Å². The number of rotatable bonds is 0. The second-order valence-corrected chi connectivity index (χ2v) is 4.90. The Morgan fingerprint density at radius 3 is 2.50 bits per heavy atom. The van der Waals surface area contributed by atoms with Crippen LogP contribution in [0.15, 0.2) is 6.07 Å². The van der Waals surface area contributed by atoms with Crippen molar-refractivity contribution in [3.05, 3.63) is 16.1 Å². The van der Waals surface area contributed by atoms with Gasteiger partial charge >= 0.3 is 0 Å². The molecule has 0 aliphatic carbocycles. The summed E-state index contributed by atoms with van der Waals surface area (Å²) in [6.45, 7) is 0. The molecule has 74 valence electrons. The highest BCUT2D eigenvalue weighted by Gasteiger charge is 2.10. The fraction of sp³-hybridized carbons (Fsp3) is 0. The predicted molar refractivity (Wildman–Crippen MR) is 60.0 cm³/mol. The average molecular weight is 243 g/mol. The highest BCUT2D eigenvalue weighted by atomic mass is 32.1. The maximum Gasteiger partial charge on any atom is 0.197 e. The van der Waals surface area contributed by atoms with Crippen molar-refractivity contribution < 1.29 is 0 Å². The number of hydrogen-bond donors (Lipinski definition) is 0. The third-order valence-electron chi connectivity index (χ3n) is 1.94. The zero-order valence-electron chi connectivity index (χ0n) is 7.63. The molecule has 0 aliphatic heterocycles. The van der Waals surface area contributed by atoms with Crippen LogP contribution in [0.4, 0.5) is 0 Å². The molecule has 0 saturated heterocycles. The molecular formula is C9HN5S2. The highest BCUT2D eigenvalue weighted by molar-refractivity contribution is 7.20. The molecule has 3 aromatic heterocycles. The summed E-state index contributed by atoms with van der Waals surface area (Å²) < 4.78 is 0.818. The second-order valence-electron chi connectivity index (χ2n) is 2.90. The van der Waals surface area contributed by atoms with Crippen LogP contribution in [0.1, 0.15) is 10.0 Å². The molecule has 0 N–H and O–H groups in total. The van der Waals surface area contributed by atoms with Gasteiger partial charge in [-0.3, -0.25) is 0 Å². The van der Waals surface area contributed by atoms with Crippen LogP contribution >= 0.6 is 22.7 Å². The lowest BCUT2D eigenvalue weighted by Gasteiger charge is -1.85. The summed E-state index contributed by atoms with van der Waals surface area (Å²) in [5, 5.41) is 18.2. The number of aromatic nitrogens is 3. The Kier molecular flexibility index (Phi) is 1.83. The van der Waals surface area contributed by atoms with Crippen molar-refractivity contribution in [3.63, 3.8) is 0 Å². The summed E-state index contributed by atoms with van der Waals surface area (Å²) >= 11 is 2.50. The van der Waals surface area contributed by atoms with Crippen LogP contribution in [0.25, 0.3) is 20.7 Å². The van der Waals surface area contributed by atoms with Gasteiger partial charge in [-0.15, -0.1) is 11.3 Å². The first-order valence-corrected chi connectivity index (χ1v) is 5.82. The molecular weight excluding hydrogens is 242 g/mol. The summed E-state index contributed by atoms with van der Waals surface area (Å²) in [4.78, 5) is 13.1. The maximum atomic E-state index is 8.72. The third-order valence-corrected chi connectivity index (χ3v) is 3.70. The van der Waals surface area contributed by atoms with Crippen LogP contribution in [-0.2, 0) is 0 Å². The van der Waals surface area contributed by atoms with Gasteiger partial charge in [-0.25, -0.2) is 15.0 Å². The largest absolute Gasteiger partial charge is 0.224 e. The zero-order chi connectivity index (χ0) is 11.1. The van der Waals surface area contributed by atoms with Gasteiger partial charge < -0.3 is 0 Å². The average Bonchev–Trinajstić information content (AvgIpc) is 2.86. The molecule has 3 aromatic rings. The van der Waals surface area contributed by atoms with E-state index in [9.17, 15) is 0 Å². The Balaban J connectivity index is 2.39. The first-order valence-electron chi connectivity index (χ1n) is 4.18. The molecule has 0 aliphatic rings. The molecule has 3 rings (SSSR count). The van der Waals surface area contributed by atoms with Crippen LogP contribution in [0.3, 0.4) is 0 Å². The Bertz CT molecular complexity index is 671. The van der Waals surface area contributed by atoms with E-state index in [0.29, 0.717) is 26.0 Å². The first kappa shape index (κ1) is 9.16. The Morgan fingerprint density at radius 1 is 1.00 bits per heavy atom. The van der Waals surface area contributed by atoms with E-state index in [0.717, 1.165) is 4.70 Å². The lowest BCUT2D eigenvalue weighted by molar-refractivity contribution is 1.34. The van der Waals surface area contributed by atoms with Crippen LogP contribution in [-0.4, -0.2) is 15.0 Å². The smallest absolute Gasteiger partial charge is 0.197 e. The van der Waals surface area contributed by atoms with Crippen molar-refractivity contribution in [2.45, 2.75) is 0 Å². The molecule has 0 bridgehead atoms. The monoisotopic (exact) mass is 243 g/mol. The SMILES string of the molecule is N#Cc1nc2nc3sc(C#N)nc3cc2s1. The molecule has 0 unspecified atom stereocenters. The Labute approximate surface area is 97.2 Å². The summed E-state index contributed by atoms with van der Waals surface area (Å²) in [7, 11) is 0. The van der Waals surface area contributed by atoms with Gasteiger partial charge in [0.05, 0.1) is 4.70 Å². The summed E-state index contributed by atoms with van der Waals surface area (Å²) in [5.41, 5.74) is 1.23. The number of fused-ring (bicyclic) bond motifs is 2. The fourth-order valence-electron chi connectivity index (χ4n) is 1.31. The van der Waals surface area contributed by atoms with Gasteiger partial charge in [-0.05, 0) is 6.07 Å². The first-order chi connectivity index (χ1) is 7.80. The minimum absolute atomic E-state index is 0.389. The van der Waals surface area contributed by atoms with Crippen molar-refractivity contribution in [1.82, 2.24) is 15.0 Å². The van der Waals surface area contributed by atoms with E-state index in [2.05, 4.69) is 15.0 Å². The maximum absolute atomic E-state index is 8.72. The molecule has 0 saturated carbocycles. The number of nitriles is 2. The van der Waals surface area contributed by atoms with E-state index in [4.69, 9.17) is 10.5 Å². The molecule has 0 atom stereocenters. The molecule has 0 radical (unpaired) electrons. The molecule has 5 nitrogen and oxygen atoms in total. The summed E-state index contributed by atoms with van der Waals surface area (Å²) in [6.07, 6.45) is 0. The number of thiazole rings is 2. The molecule has 0 aromatic carbocycles. The van der Waals surface area contributed by atoms with Crippen molar-refractivity contribution in [1.29, 1.82) is 10.5 Å². The van der Waals surface area contributed by atoms with Crippen LogP contribution in [0, 0.1) is 22.7 Å². The number of hydrogen-bond acceptors (Lipinski definition) is 7. The number of nitrogens with zero attached hydrogens (tertiary/aromatic N) is 5. The Hall–Kier alpha value is -2.09. The third kappa shape index (κ3) is 1.23. The molecule has 0 spiro atoms. The van der Waals surface area contributed by atoms with Crippen molar-refractivity contribution in [2.75, 3.05) is 0 Å². The van der Waals surface area contributed by atoms with Crippen LogP contribution in [0.2, 0.25) is 0 Å². The van der Waals surface area contributed by atoms with Gasteiger partial charge in [0.25, 0.3) is 0 Å². The van der Waals surface area contributed by atoms with Crippen LogP contribution in [0.5, 0.6) is 0 Å². The van der Waals surface area contributed by atoms with Gasteiger partial charge in [0.15, 0.2) is 15.7 Å². The van der Waals surface area contributed by atoms with Crippen molar-refractivity contribution >= 4 is 43.4 Å². The molecule has 16 heavy (non-hydrogen) atoms. The van der Waals surface area contributed by atoms with Gasteiger partial charge in [0, 0.05) is 0 Å². The lowest BCUT2D eigenvalue weighted by atomic mass is 10.4. The predicted octanol–water partition coefficient (Wildman–Crippen LogP) is 2.04. The molecule has 7 heteroatoms. The van der Waals surface area contributed by atoms with E-state index in [1.54, 1.807) is 0 Å². The fourth-order valence-corrected chi connectivity index (χ4v) is 2.77. The van der Waals surface area contributed by atoms with Gasteiger partial charge in [0.2, 0.25) is 0 Å². The summed E-state index contributed by atoms with van der Waals surface area (Å²) in [6, 6.07) is 5.78. The quantitative estimate of drug-likeness (QED) is 0.603. The standard InChI is InChI=1S/C9HN5S2/c10-2-6-12-4-1-5-8(14-9(4)16-6)13-7(3-11)15-5/h1H. The normalized spacial score (nSPS) is 10.4. The zero-order valence-corrected chi connectivity index (χ0v) is 9.26. The minimum atomic E-state index is 0.389. The molecule has 0 fully saturated rings.